The van der Waals surface area contributed by atoms with Crippen molar-refractivity contribution in [3.8, 4) is 0 Å². The summed E-state index contributed by atoms with van der Waals surface area (Å²) in [6.45, 7) is 5.55. The van der Waals surface area contributed by atoms with Gasteiger partial charge in [0, 0.05) is 17.5 Å². The first kappa shape index (κ1) is 18.8. The first-order chi connectivity index (χ1) is 12.4. The summed E-state index contributed by atoms with van der Waals surface area (Å²) in [5.74, 6) is 0.323. The molecule has 0 unspecified atom stereocenters. The molecule has 2 aromatic heterocycles. The Morgan fingerprint density at radius 2 is 1.88 bits per heavy atom. The van der Waals surface area contributed by atoms with E-state index in [1.54, 1.807) is 29.5 Å². The minimum Gasteiger partial charge on any atom is -0.360 e. The van der Waals surface area contributed by atoms with Crippen LogP contribution in [0, 0.1) is 13.8 Å². The number of hydrogen-bond donors (Lipinski definition) is 0. The van der Waals surface area contributed by atoms with Crippen LogP contribution in [0.4, 0.5) is 0 Å². The summed E-state index contributed by atoms with van der Waals surface area (Å²) >= 11 is 1.64. The van der Waals surface area contributed by atoms with E-state index in [-0.39, 0.29) is 10.9 Å². The molecule has 0 saturated heterocycles. The van der Waals surface area contributed by atoms with E-state index in [2.05, 4.69) is 5.16 Å². The van der Waals surface area contributed by atoms with Crippen molar-refractivity contribution in [3.05, 3.63) is 69.7 Å². The van der Waals surface area contributed by atoms with E-state index in [1.165, 1.54) is 0 Å². The second kappa shape index (κ2) is 7.73. The number of aromatic nitrogens is 1. The van der Waals surface area contributed by atoms with E-state index in [0.717, 1.165) is 10.4 Å². The molecule has 1 aromatic carbocycles. The third-order valence-corrected chi connectivity index (χ3v) is 7.39. The summed E-state index contributed by atoms with van der Waals surface area (Å²) < 4.78 is 33.5. The lowest BCUT2D eigenvalue weighted by Crippen LogP contribution is -2.39. The van der Waals surface area contributed by atoms with Crippen LogP contribution in [0.5, 0.6) is 0 Å². The highest BCUT2D eigenvalue weighted by Gasteiger charge is 2.34. The van der Waals surface area contributed by atoms with Crippen molar-refractivity contribution in [3.63, 3.8) is 0 Å². The molecule has 0 spiro atoms. The molecule has 0 aliphatic heterocycles. The molecular formula is C19H22N2O3S2. The summed E-state index contributed by atoms with van der Waals surface area (Å²) in [5, 5.41) is 5.83. The van der Waals surface area contributed by atoms with Crippen LogP contribution >= 0.6 is 11.3 Å². The summed E-state index contributed by atoms with van der Waals surface area (Å²) in [6, 6.07) is 13.4. The molecular weight excluding hydrogens is 368 g/mol. The van der Waals surface area contributed by atoms with E-state index in [4.69, 9.17) is 4.52 Å². The van der Waals surface area contributed by atoms with E-state index in [9.17, 15) is 8.42 Å². The fourth-order valence-electron chi connectivity index (χ4n) is 3.02. The molecule has 5 nitrogen and oxygen atoms in total. The highest BCUT2D eigenvalue weighted by molar-refractivity contribution is 7.89. The Balaban J connectivity index is 1.99. The number of nitrogens with zero attached hydrogens (tertiary/aromatic N) is 2. The van der Waals surface area contributed by atoms with E-state index < -0.39 is 10.0 Å². The molecule has 0 radical (unpaired) electrons. The second-order valence-corrected chi connectivity index (χ2v) is 9.18. The zero-order valence-electron chi connectivity index (χ0n) is 15.0. The molecule has 0 saturated carbocycles. The standard InChI is InChI=1S/C19H22N2O3S2/c1-14(12-18-10-7-11-25-18)21(13-17-8-5-4-6-9-17)26(22,23)19-15(2)20-24-16(19)3/h4-11,14H,12-13H2,1-3H3/t14-/m1/s1. The minimum absolute atomic E-state index is 0.173. The maximum Gasteiger partial charge on any atom is 0.249 e. The van der Waals surface area contributed by atoms with Crippen molar-refractivity contribution in [1.29, 1.82) is 0 Å². The smallest absolute Gasteiger partial charge is 0.249 e. The molecule has 7 heteroatoms. The highest BCUT2D eigenvalue weighted by atomic mass is 32.2. The summed E-state index contributed by atoms with van der Waals surface area (Å²) in [6.07, 6.45) is 0.660. The first-order valence-electron chi connectivity index (χ1n) is 8.40. The summed E-state index contributed by atoms with van der Waals surface area (Å²) in [5.41, 5.74) is 1.34. The van der Waals surface area contributed by atoms with Crippen molar-refractivity contribution >= 4 is 21.4 Å². The van der Waals surface area contributed by atoms with Gasteiger partial charge in [-0.3, -0.25) is 0 Å². The Hall–Kier alpha value is -1.96. The van der Waals surface area contributed by atoms with Crippen molar-refractivity contribution < 1.29 is 12.9 Å². The lowest BCUT2D eigenvalue weighted by Gasteiger charge is -2.28. The minimum atomic E-state index is -3.74. The molecule has 0 fully saturated rings. The number of sulfonamides is 1. The van der Waals surface area contributed by atoms with Crippen molar-refractivity contribution in [1.82, 2.24) is 9.46 Å². The lowest BCUT2D eigenvalue weighted by atomic mass is 10.1. The predicted molar refractivity (Wildman–Crippen MR) is 103 cm³/mol. The monoisotopic (exact) mass is 390 g/mol. The Kier molecular flexibility index (Phi) is 5.60. The van der Waals surface area contributed by atoms with Crippen LogP contribution < -0.4 is 0 Å². The van der Waals surface area contributed by atoms with Gasteiger partial charge < -0.3 is 4.52 Å². The molecule has 0 aliphatic carbocycles. The van der Waals surface area contributed by atoms with Gasteiger partial charge in [0.05, 0.1) is 0 Å². The largest absolute Gasteiger partial charge is 0.360 e. The summed E-state index contributed by atoms with van der Waals surface area (Å²) in [4.78, 5) is 1.33. The van der Waals surface area contributed by atoms with Gasteiger partial charge in [-0.15, -0.1) is 11.3 Å². The van der Waals surface area contributed by atoms with Gasteiger partial charge in [0.25, 0.3) is 0 Å². The lowest BCUT2D eigenvalue weighted by molar-refractivity contribution is 0.328. The maximum atomic E-state index is 13.4. The van der Waals surface area contributed by atoms with E-state index in [1.807, 2.05) is 54.8 Å². The predicted octanol–water partition coefficient (Wildman–Crippen LogP) is 4.18. The van der Waals surface area contributed by atoms with E-state index in [0.29, 0.717) is 24.4 Å². The van der Waals surface area contributed by atoms with Crippen LogP contribution in [0.15, 0.2) is 57.3 Å². The van der Waals surface area contributed by atoms with Crippen LogP contribution in [0.1, 0.15) is 28.8 Å². The molecule has 138 valence electrons. The molecule has 0 bridgehead atoms. The average molecular weight is 391 g/mol. The Morgan fingerprint density at radius 3 is 2.46 bits per heavy atom. The second-order valence-electron chi connectivity index (χ2n) is 6.32. The molecule has 2 heterocycles. The SMILES string of the molecule is Cc1noc(C)c1S(=O)(=O)N(Cc1ccccc1)[C@H](C)Cc1cccs1. The topological polar surface area (TPSA) is 63.4 Å². The number of thiophene rings is 1. The number of benzene rings is 1. The van der Waals surface area contributed by atoms with Gasteiger partial charge in [0.1, 0.15) is 10.6 Å². The quantitative estimate of drug-likeness (QED) is 0.607. The van der Waals surface area contributed by atoms with Crippen LogP contribution in [0.2, 0.25) is 0 Å². The number of aryl methyl sites for hydroxylation is 2. The molecule has 0 amide bonds. The first-order valence-corrected chi connectivity index (χ1v) is 10.7. The number of rotatable bonds is 7. The maximum absolute atomic E-state index is 13.4. The van der Waals surface area contributed by atoms with Crippen molar-refractivity contribution in [2.75, 3.05) is 0 Å². The van der Waals surface area contributed by atoms with Gasteiger partial charge in [-0.1, -0.05) is 41.6 Å². The van der Waals surface area contributed by atoms with Crippen LogP contribution in [-0.2, 0) is 23.0 Å². The van der Waals surface area contributed by atoms with E-state index >= 15 is 0 Å². The van der Waals surface area contributed by atoms with Crippen LogP contribution in [0.3, 0.4) is 0 Å². The normalized spacial score (nSPS) is 13.2. The Morgan fingerprint density at radius 1 is 1.15 bits per heavy atom. The Labute approximate surface area is 158 Å². The van der Waals surface area contributed by atoms with Gasteiger partial charge in [-0.25, -0.2) is 8.42 Å². The fraction of sp³-hybridized carbons (Fsp3) is 0.316. The molecule has 3 aromatic rings. The zero-order chi connectivity index (χ0) is 18.7. The molecule has 1 atom stereocenters. The van der Waals surface area contributed by atoms with Gasteiger partial charge in [-0.2, -0.15) is 4.31 Å². The molecule has 0 aliphatic rings. The fourth-order valence-corrected chi connectivity index (χ4v) is 5.76. The van der Waals surface area contributed by atoms with Gasteiger partial charge in [-0.05, 0) is 44.2 Å². The Bertz CT molecular complexity index is 929. The van der Waals surface area contributed by atoms with Crippen molar-refractivity contribution in [2.45, 2.75) is 44.7 Å². The third-order valence-electron chi connectivity index (χ3n) is 4.28. The van der Waals surface area contributed by atoms with Gasteiger partial charge >= 0.3 is 0 Å². The number of hydrogen-bond acceptors (Lipinski definition) is 5. The van der Waals surface area contributed by atoms with Crippen LogP contribution in [0.25, 0.3) is 0 Å². The van der Waals surface area contributed by atoms with Crippen LogP contribution in [-0.4, -0.2) is 23.9 Å². The molecule has 3 rings (SSSR count). The zero-order valence-corrected chi connectivity index (χ0v) is 16.7. The van der Waals surface area contributed by atoms with Gasteiger partial charge in [0.15, 0.2) is 5.76 Å². The highest BCUT2D eigenvalue weighted by Crippen LogP contribution is 2.28. The van der Waals surface area contributed by atoms with Gasteiger partial charge in [0.2, 0.25) is 10.0 Å². The molecule has 26 heavy (non-hydrogen) atoms. The van der Waals surface area contributed by atoms with Crippen molar-refractivity contribution in [2.24, 2.45) is 0 Å². The average Bonchev–Trinajstić information content (AvgIpc) is 3.23. The summed E-state index contributed by atoms with van der Waals surface area (Å²) in [7, 11) is -3.74. The third kappa shape index (κ3) is 3.90. The molecule has 0 N–H and O–H groups in total.